The first kappa shape index (κ1) is 19.4. The van der Waals surface area contributed by atoms with Crippen molar-refractivity contribution in [3.63, 3.8) is 0 Å². The van der Waals surface area contributed by atoms with Crippen molar-refractivity contribution in [2.75, 3.05) is 23.0 Å². The summed E-state index contributed by atoms with van der Waals surface area (Å²) in [6.07, 6.45) is -4.96. The van der Waals surface area contributed by atoms with Crippen molar-refractivity contribution in [3.8, 4) is 0 Å². The minimum atomic E-state index is -4.36. The number of alkyl halides is 3. The van der Waals surface area contributed by atoms with Gasteiger partial charge in [0, 0.05) is 11.7 Å². The van der Waals surface area contributed by atoms with Gasteiger partial charge in [0.25, 0.3) is 0 Å². The third-order valence-corrected chi connectivity index (χ3v) is 3.68. The SMILES string of the molecule is CCOC(=O)Nc1ccc(C(C)Nc2ccc(C(F)(F)F)cc2)cc1N. The van der Waals surface area contributed by atoms with Gasteiger partial charge >= 0.3 is 12.3 Å². The molecule has 1 unspecified atom stereocenters. The second kappa shape index (κ2) is 7.99. The van der Waals surface area contributed by atoms with Crippen molar-refractivity contribution in [1.29, 1.82) is 0 Å². The van der Waals surface area contributed by atoms with Crippen LogP contribution in [0, 0.1) is 0 Å². The lowest BCUT2D eigenvalue weighted by atomic mass is 10.1. The van der Waals surface area contributed by atoms with Crippen LogP contribution in [0.3, 0.4) is 0 Å². The highest BCUT2D eigenvalue weighted by molar-refractivity contribution is 5.89. The Labute approximate surface area is 149 Å². The lowest BCUT2D eigenvalue weighted by Crippen LogP contribution is -2.15. The van der Waals surface area contributed by atoms with Gasteiger partial charge in [0.15, 0.2) is 0 Å². The van der Waals surface area contributed by atoms with Crippen molar-refractivity contribution >= 4 is 23.2 Å². The average Bonchev–Trinajstić information content (AvgIpc) is 2.56. The van der Waals surface area contributed by atoms with Crippen molar-refractivity contribution in [1.82, 2.24) is 0 Å². The van der Waals surface area contributed by atoms with Gasteiger partial charge in [-0.25, -0.2) is 4.79 Å². The number of anilines is 3. The largest absolute Gasteiger partial charge is 0.450 e. The summed E-state index contributed by atoms with van der Waals surface area (Å²) in [5, 5.41) is 5.64. The molecule has 0 aliphatic carbocycles. The molecule has 0 aromatic heterocycles. The molecule has 0 aliphatic heterocycles. The van der Waals surface area contributed by atoms with Crippen LogP contribution in [-0.4, -0.2) is 12.7 Å². The zero-order valence-corrected chi connectivity index (χ0v) is 14.4. The van der Waals surface area contributed by atoms with E-state index in [0.717, 1.165) is 17.7 Å². The van der Waals surface area contributed by atoms with Crippen LogP contribution in [0.2, 0.25) is 0 Å². The molecule has 1 atom stereocenters. The smallest absolute Gasteiger partial charge is 0.416 e. The Hall–Kier alpha value is -2.90. The first-order valence-electron chi connectivity index (χ1n) is 7.97. The summed E-state index contributed by atoms with van der Waals surface area (Å²) in [4.78, 5) is 11.4. The molecular weight excluding hydrogens is 347 g/mol. The van der Waals surface area contributed by atoms with E-state index in [-0.39, 0.29) is 12.6 Å². The molecule has 0 heterocycles. The van der Waals surface area contributed by atoms with Crippen LogP contribution in [0.4, 0.5) is 35.0 Å². The van der Waals surface area contributed by atoms with Gasteiger partial charge < -0.3 is 15.8 Å². The molecule has 2 aromatic carbocycles. The third kappa shape index (κ3) is 5.05. The van der Waals surface area contributed by atoms with E-state index >= 15 is 0 Å². The third-order valence-electron chi connectivity index (χ3n) is 3.68. The summed E-state index contributed by atoms with van der Waals surface area (Å²) in [5.41, 5.74) is 7.39. The molecule has 26 heavy (non-hydrogen) atoms. The van der Waals surface area contributed by atoms with Crippen LogP contribution < -0.4 is 16.4 Å². The molecule has 4 N–H and O–H groups in total. The van der Waals surface area contributed by atoms with Crippen LogP contribution in [0.25, 0.3) is 0 Å². The van der Waals surface area contributed by atoms with Crippen LogP contribution >= 0.6 is 0 Å². The van der Waals surface area contributed by atoms with E-state index in [1.165, 1.54) is 12.1 Å². The zero-order valence-electron chi connectivity index (χ0n) is 14.4. The molecule has 0 aliphatic rings. The summed E-state index contributed by atoms with van der Waals surface area (Å²) in [5.74, 6) is 0. The number of hydrogen-bond acceptors (Lipinski definition) is 4. The molecule has 8 heteroatoms. The molecule has 2 rings (SSSR count). The monoisotopic (exact) mass is 367 g/mol. The second-order valence-electron chi connectivity index (χ2n) is 5.63. The maximum atomic E-state index is 12.6. The van der Waals surface area contributed by atoms with Gasteiger partial charge in [-0.2, -0.15) is 13.2 Å². The number of carbonyl (C=O) groups excluding carboxylic acids is 1. The lowest BCUT2D eigenvalue weighted by molar-refractivity contribution is -0.137. The van der Waals surface area contributed by atoms with Crippen molar-refractivity contribution in [2.24, 2.45) is 0 Å². The minimum absolute atomic E-state index is 0.203. The molecule has 0 radical (unpaired) electrons. The molecule has 0 saturated carbocycles. The fourth-order valence-electron chi connectivity index (χ4n) is 2.33. The first-order chi connectivity index (χ1) is 12.2. The highest BCUT2D eigenvalue weighted by Crippen LogP contribution is 2.31. The Kier molecular flexibility index (Phi) is 5.97. The van der Waals surface area contributed by atoms with Gasteiger partial charge in [-0.3, -0.25) is 5.32 Å². The average molecular weight is 367 g/mol. The van der Waals surface area contributed by atoms with Crippen LogP contribution in [0.15, 0.2) is 42.5 Å². The van der Waals surface area contributed by atoms with Crippen molar-refractivity contribution in [3.05, 3.63) is 53.6 Å². The Morgan fingerprint density at radius 2 is 1.85 bits per heavy atom. The summed E-state index contributed by atoms with van der Waals surface area (Å²) in [6, 6.07) is 9.69. The summed E-state index contributed by atoms with van der Waals surface area (Å²) < 4.78 is 42.6. The molecule has 140 valence electrons. The van der Waals surface area contributed by atoms with Gasteiger partial charge in [0.05, 0.1) is 23.5 Å². The number of amides is 1. The molecule has 5 nitrogen and oxygen atoms in total. The molecule has 1 amide bonds. The van der Waals surface area contributed by atoms with Crippen molar-refractivity contribution in [2.45, 2.75) is 26.1 Å². The first-order valence-corrected chi connectivity index (χ1v) is 7.97. The molecule has 0 saturated heterocycles. The fourth-order valence-corrected chi connectivity index (χ4v) is 2.33. The maximum Gasteiger partial charge on any atom is 0.416 e. The highest BCUT2D eigenvalue weighted by atomic mass is 19.4. The van der Waals surface area contributed by atoms with E-state index in [1.807, 2.05) is 6.92 Å². The van der Waals surface area contributed by atoms with E-state index in [2.05, 4.69) is 10.6 Å². The Balaban J connectivity index is 2.06. The highest BCUT2D eigenvalue weighted by Gasteiger charge is 2.29. The quantitative estimate of drug-likeness (QED) is 0.648. The summed E-state index contributed by atoms with van der Waals surface area (Å²) in [7, 11) is 0. The number of nitrogens with two attached hydrogens (primary N) is 1. The summed E-state index contributed by atoms with van der Waals surface area (Å²) >= 11 is 0. The van der Waals surface area contributed by atoms with E-state index in [4.69, 9.17) is 10.5 Å². The number of rotatable bonds is 5. The predicted molar refractivity (Wildman–Crippen MR) is 95.0 cm³/mol. The maximum absolute atomic E-state index is 12.6. The van der Waals surface area contributed by atoms with Crippen molar-refractivity contribution < 1.29 is 22.7 Å². The normalized spacial score (nSPS) is 12.3. The number of halogens is 3. The second-order valence-corrected chi connectivity index (χ2v) is 5.63. The predicted octanol–water partition coefficient (Wildman–Crippen LogP) is 5.03. The number of carbonyl (C=O) groups is 1. The lowest BCUT2D eigenvalue weighted by Gasteiger charge is -2.18. The van der Waals surface area contributed by atoms with Crippen LogP contribution in [0.1, 0.15) is 31.0 Å². The van der Waals surface area contributed by atoms with Gasteiger partial charge in [0.2, 0.25) is 0 Å². The number of hydrogen-bond donors (Lipinski definition) is 3. The van der Waals surface area contributed by atoms with Gasteiger partial charge in [-0.1, -0.05) is 6.07 Å². The van der Waals surface area contributed by atoms with Crippen LogP contribution in [0.5, 0.6) is 0 Å². The number of benzene rings is 2. The van der Waals surface area contributed by atoms with Gasteiger partial charge in [-0.05, 0) is 55.8 Å². The van der Waals surface area contributed by atoms with E-state index < -0.39 is 17.8 Å². The summed E-state index contributed by atoms with van der Waals surface area (Å²) in [6.45, 7) is 3.80. The van der Waals surface area contributed by atoms with Gasteiger partial charge in [-0.15, -0.1) is 0 Å². The van der Waals surface area contributed by atoms with E-state index in [0.29, 0.717) is 17.1 Å². The molecule has 0 spiro atoms. The molecule has 0 bridgehead atoms. The van der Waals surface area contributed by atoms with Crippen LogP contribution in [-0.2, 0) is 10.9 Å². The fraction of sp³-hybridized carbons (Fsp3) is 0.278. The number of ether oxygens (including phenoxy) is 1. The zero-order chi connectivity index (χ0) is 19.3. The topological polar surface area (TPSA) is 76.4 Å². The van der Waals surface area contributed by atoms with Gasteiger partial charge in [0.1, 0.15) is 0 Å². The molecule has 2 aromatic rings. The Bertz CT molecular complexity index is 761. The Morgan fingerprint density at radius 1 is 1.19 bits per heavy atom. The number of nitrogens with one attached hydrogen (secondary N) is 2. The molecular formula is C18H20F3N3O2. The number of nitrogen functional groups attached to an aromatic ring is 1. The standard InChI is InChI=1S/C18H20F3N3O2/c1-3-26-17(25)24-16-9-4-12(10-15(16)22)11(2)23-14-7-5-13(6-8-14)18(19,20)21/h4-11,23H,3,22H2,1-2H3,(H,24,25). The van der Waals surface area contributed by atoms with E-state index in [9.17, 15) is 18.0 Å². The minimum Gasteiger partial charge on any atom is -0.450 e. The molecule has 0 fully saturated rings. The van der Waals surface area contributed by atoms with E-state index in [1.54, 1.807) is 25.1 Å². The Morgan fingerprint density at radius 3 is 2.38 bits per heavy atom.